The molecule has 0 unspecified atom stereocenters. The Kier molecular flexibility index (Phi) is 4.75. The van der Waals surface area contributed by atoms with Crippen molar-refractivity contribution in [2.45, 2.75) is 33.1 Å². The van der Waals surface area contributed by atoms with Crippen LogP contribution in [-0.4, -0.2) is 23.9 Å². The van der Waals surface area contributed by atoms with Gasteiger partial charge in [0.05, 0.1) is 5.41 Å². The largest absolute Gasteiger partial charge is 0.343 e. The third kappa shape index (κ3) is 2.89. The van der Waals surface area contributed by atoms with Crippen molar-refractivity contribution in [1.82, 2.24) is 4.90 Å². The van der Waals surface area contributed by atoms with Crippen molar-refractivity contribution in [3.8, 4) is 0 Å². The number of likely N-dealkylation sites (N-methyl/N-ethyl adjacent to an activating group) is 1. The number of halogens is 1. The summed E-state index contributed by atoms with van der Waals surface area (Å²) in [5.41, 5.74) is 0.545. The molecule has 0 aliphatic carbocycles. The van der Waals surface area contributed by atoms with E-state index in [-0.39, 0.29) is 5.91 Å². The first kappa shape index (κ1) is 14.2. The smallest absolute Gasteiger partial charge is 0.232 e. The van der Waals surface area contributed by atoms with E-state index in [9.17, 15) is 4.79 Å². The summed E-state index contributed by atoms with van der Waals surface area (Å²) in [4.78, 5) is 14.4. The predicted molar refractivity (Wildman–Crippen MR) is 75.1 cm³/mol. The van der Waals surface area contributed by atoms with Crippen molar-refractivity contribution >= 4 is 21.8 Å². The van der Waals surface area contributed by atoms with E-state index in [0.717, 1.165) is 23.1 Å². The lowest BCUT2D eigenvalue weighted by Crippen LogP contribution is -2.43. The highest BCUT2D eigenvalue weighted by atomic mass is 79.9. The summed E-state index contributed by atoms with van der Waals surface area (Å²) in [6, 6.07) is 7.92. The number of amides is 1. The zero-order chi connectivity index (χ0) is 13.1. The first-order chi connectivity index (χ1) is 7.95. The molecule has 1 aromatic carbocycles. The molecule has 0 radical (unpaired) electrons. The molecule has 0 bridgehead atoms. The third-order valence-corrected chi connectivity index (χ3v) is 3.82. The van der Waals surface area contributed by atoms with E-state index in [1.54, 1.807) is 0 Å². The Morgan fingerprint density at radius 3 is 2.24 bits per heavy atom. The van der Waals surface area contributed by atoms with Crippen molar-refractivity contribution in [2.24, 2.45) is 0 Å². The molecule has 3 heteroatoms. The maximum absolute atomic E-state index is 12.5. The van der Waals surface area contributed by atoms with Gasteiger partial charge in [0, 0.05) is 17.6 Å². The van der Waals surface area contributed by atoms with E-state index in [1.807, 2.05) is 56.9 Å². The SMILES string of the molecule is CCN(CC)C(=O)C(C)(C)c1ccccc1Br. The van der Waals surface area contributed by atoms with Gasteiger partial charge >= 0.3 is 0 Å². The molecule has 0 aliphatic rings. The van der Waals surface area contributed by atoms with Gasteiger partial charge in [-0.1, -0.05) is 34.1 Å². The number of hydrogen-bond donors (Lipinski definition) is 0. The van der Waals surface area contributed by atoms with Crippen LogP contribution < -0.4 is 0 Å². The van der Waals surface area contributed by atoms with Gasteiger partial charge < -0.3 is 4.90 Å². The molecule has 0 aromatic heterocycles. The van der Waals surface area contributed by atoms with E-state index < -0.39 is 5.41 Å². The topological polar surface area (TPSA) is 20.3 Å². The Morgan fingerprint density at radius 1 is 1.24 bits per heavy atom. The molecule has 0 aliphatic heterocycles. The monoisotopic (exact) mass is 297 g/mol. The summed E-state index contributed by atoms with van der Waals surface area (Å²) in [5, 5.41) is 0. The van der Waals surface area contributed by atoms with Crippen molar-refractivity contribution < 1.29 is 4.79 Å². The van der Waals surface area contributed by atoms with Gasteiger partial charge in [0.1, 0.15) is 0 Å². The van der Waals surface area contributed by atoms with E-state index in [0.29, 0.717) is 0 Å². The molecular formula is C14H20BrNO. The molecule has 0 N–H and O–H groups in total. The van der Waals surface area contributed by atoms with Crippen molar-refractivity contribution in [1.29, 1.82) is 0 Å². The van der Waals surface area contributed by atoms with Crippen LogP contribution in [0.3, 0.4) is 0 Å². The minimum absolute atomic E-state index is 0.175. The third-order valence-electron chi connectivity index (χ3n) is 3.13. The number of hydrogen-bond acceptors (Lipinski definition) is 1. The van der Waals surface area contributed by atoms with E-state index >= 15 is 0 Å². The van der Waals surface area contributed by atoms with Gasteiger partial charge in [-0.15, -0.1) is 0 Å². The highest BCUT2D eigenvalue weighted by Crippen LogP contribution is 2.31. The number of carbonyl (C=O) groups excluding carboxylic acids is 1. The molecule has 17 heavy (non-hydrogen) atoms. The minimum Gasteiger partial charge on any atom is -0.343 e. The molecule has 2 nitrogen and oxygen atoms in total. The number of benzene rings is 1. The molecule has 0 saturated carbocycles. The second kappa shape index (κ2) is 5.67. The van der Waals surface area contributed by atoms with Crippen LogP contribution in [0, 0.1) is 0 Å². The summed E-state index contributed by atoms with van der Waals surface area (Å²) in [6.45, 7) is 9.49. The summed E-state index contributed by atoms with van der Waals surface area (Å²) in [5.74, 6) is 0.175. The first-order valence-electron chi connectivity index (χ1n) is 5.99. The average molecular weight is 298 g/mol. The maximum atomic E-state index is 12.5. The molecule has 1 rings (SSSR count). The zero-order valence-corrected chi connectivity index (χ0v) is 12.5. The quantitative estimate of drug-likeness (QED) is 0.832. The number of rotatable bonds is 4. The molecule has 1 amide bonds. The number of nitrogens with zero attached hydrogens (tertiary/aromatic N) is 1. The first-order valence-corrected chi connectivity index (χ1v) is 6.78. The van der Waals surface area contributed by atoms with Crippen LogP contribution in [0.25, 0.3) is 0 Å². The lowest BCUT2D eigenvalue weighted by atomic mass is 9.83. The molecule has 0 fully saturated rings. The highest BCUT2D eigenvalue weighted by Gasteiger charge is 2.33. The van der Waals surface area contributed by atoms with E-state index in [1.165, 1.54) is 0 Å². The molecule has 0 atom stereocenters. The van der Waals surface area contributed by atoms with Crippen LogP contribution in [0.4, 0.5) is 0 Å². The predicted octanol–water partition coefficient (Wildman–Crippen LogP) is 3.60. The average Bonchev–Trinajstić information content (AvgIpc) is 2.30. The van der Waals surface area contributed by atoms with Crippen LogP contribution in [0.15, 0.2) is 28.7 Å². The van der Waals surface area contributed by atoms with Gasteiger partial charge in [-0.2, -0.15) is 0 Å². The highest BCUT2D eigenvalue weighted by molar-refractivity contribution is 9.10. The van der Waals surface area contributed by atoms with Gasteiger partial charge in [0.25, 0.3) is 0 Å². The Hall–Kier alpha value is -0.830. The van der Waals surface area contributed by atoms with Crippen molar-refractivity contribution in [3.05, 3.63) is 34.3 Å². The Labute approximate surface area is 112 Å². The van der Waals surface area contributed by atoms with Gasteiger partial charge in [0.15, 0.2) is 0 Å². The summed E-state index contributed by atoms with van der Waals surface area (Å²) in [6.07, 6.45) is 0. The second-order valence-corrected chi connectivity index (χ2v) is 5.44. The normalized spacial score (nSPS) is 11.4. The fraction of sp³-hybridized carbons (Fsp3) is 0.500. The number of carbonyl (C=O) groups is 1. The van der Waals surface area contributed by atoms with Crippen molar-refractivity contribution in [2.75, 3.05) is 13.1 Å². The van der Waals surface area contributed by atoms with Gasteiger partial charge in [0.2, 0.25) is 5.91 Å². The summed E-state index contributed by atoms with van der Waals surface area (Å²) in [7, 11) is 0. The molecule has 94 valence electrons. The maximum Gasteiger partial charge on any atom is 0.232 e. The Morgan fingerprint density at radius 2 is 1.76 bits per heavy atom. The van der Waals surface area contributed by atoms with Crippen molar-refractivity contribution in [3.63, 3.8) is 0 Å². The minimum atomic E-state index is -0.494. The van der Waals surface area contributed by atoms with Gasteiger partial charge in [-0.3, -0.25) is 4.79 Å². The van der Waals surface area contributed by atoms with Crippen LogP contribution in [0.2, 0.25) is 0 Å². The molecule has 0 heterocycles. The fourth-order valence-electron chi connectivity index (χ4n) is 1.99. The van der Waals surface area contributed by atoms with Crippen LogP contribution in [0.5, 0.6) is 0 Å². The Bertz CT molecular complexity index is 397. The van der Waals surface area contributed by atoms with Gasteiger partial charge in [-0.05, 0) is 39.3 Å². The van der Waals surface area contributed by atoms with E-state index in [4.69, 9.17) is 0 Å². The molecule has 1 aromatic rings. The molecular weight excluding hydrogens is 278 g/mol. The van der Waals surface area contributed by atoms with Crippen LogP contribution in [-0.2, 0) is 10.2 Å². The molecule has 0 saturated heterocycles. The fourth-order valence-corrected chi connectivity index (χ4v) is 2.77. The Balaban J connectivity index is 3.11. The summed E-state index contributed by atoms with van der Waals surface area (Å²) >= 11 is 3.52. The standard InChI is InChI=1S/C14H20BrNO/c1-5-16(6-2)13(17)14(3,4)11-9-7-8-10-12(11)15/h7-10H,5-6H2,1-4H3. The second-order valence-electron chi connectivity index (χ2n) is 4.58. The van der Waals surface area contributed by atoms with Crippen LogP contribution in [0.1, 0.15) is 33.3 Å². The zero-order valence-electron chi connectivity index (χ0n) is 11.0. The van der Waals surface area contributed by atoms with Crippen LogP contribution >= 0.6 is 15.9 Å². The summed E-state index contributed by atoms with van der Waals surface area (Å²) < 4.78 is 0.991. The lowest BCUT2D eigenvalue weighted by Gasteiger charge is -2.31. The van der Waals surface area contributed by atoms with Gasteiger partial charge in [-0.25, -0.2) is 0 Å². The molecule has 0 spiro atoms. The van der Waals surface area contributed by atoms with E-state index in [2.05, 4.69) is 15.9 Å². The lowest BCUT2D eigenvalue weighted by molar-refractivity contribution is -0.135.